The highest BCUT2D eigenvalue weighted by atomic mass is 16.5. The SMILES string of the molecule is Cc1cc(C)n(C2CN([C@@H](C)C(=O)NC[C@@H]3CCCO3)C2)n1. The van der Waals surface area contributed by atoms with Gasteiger partial charge in [0.2, 0.25) is 5.91 Å². The van der Waals surface area contributed by atoms with Gasteiger partial charge in [-0.05, 0) is 39.7 Å². The highest BCUT2D eigenvalue weighted by Crippen LogP contribution is 2.24. The normalized spacial score (nSPS) is 24.2. The molecule has 0 radical (unpaired) electrons. The molecule has 6 nitrogen and oxygen atoms in total. The van der Waals surface area contributed by atoms with Crippen molar-refractivity contribution in [2.75, 3.05) is 26.2 Å². The maximum Gasteiger partial charge on any atom is 0.237 e. The van der Waals surface area contributed by atoms with E-state index in [0.717, 1.165) is 38.2 Å². The summed E-state index contributed by atoms with van der Waals surface area (Å²) in [4.78, 5) is 14.4. The Morgan fingerprint density at radius 2 is 2.27 bits per heavy atom. The fraction of sp³-hybridized carbons (Fsp3) is 0.750. The van der Waals surface area contributed by atoms with Gasteiger partial charge in [-0.3, -0.25) is 14.4 Å². The number of aryl methyl sites for hydroxylation is 2. The summed E-state index contributed by atoms with van der Waals surface area (Å²) in [5.74, 6) is 0.0994. The minimum atomic E-state index is -0.0883. The number of carbonyl (C=O) groups excluding carboxylic acids is 1. The lowest BCUT2D eigenvalue weighted by Gasteiger charge is -2.42. The molecule has 122 valence electrons. The van der Waals surface area contributed by atoms with Crippen LogP contribution in [0.3, 0.4) is 0 Å². The number of hydrogen-bond acceptors (Lipinski definition) is 4. The Labute approximate surface area is 131 Å². The molecule has 0 bridgehead atoms. The molecule has 6 heteroatoms. The van der Waals surface area contributed by atoms with Crippen LogP contribution in [0.4, 0.5) is 0 Å². The smallest absolute Gasteiger partial charge is 0.237 e. The lowest BCUT2D eigenvalue weighted by molar-refractivity contribution is -0.128. The van der Waals surface area contributed by atoms with E-state index < -0.39 is 0 Å². The van der Waals surface area contributed by atoms with Crippen molar-refractivity contribution in [2.45, 2.75) is 51.8 Å². The molecule has 3 heterocycles. The first-order chi connectivity index (χ1) is 10.5. The molecule has 2 fully saturated rings. The molecule has 0 aliphatic carbocycles. The van der Waals surface area contributed by atoms with E-state index in [-0.39, 0.29) is 18.1 Å². The fourth-order valence-corrected chi connectivity index (χ4v) is 3.31. The van der Waals surface area contributed by atoms with Crippen LogP contribution >= 0.6 is 0 Å². The summed E-state index contributed by atoms with van der Waals surface area (Å²) in [6.07, 6.45) is 2.36. The second-order valence-electron chi connectivity index (χ2n) is 6.54. The number of amides is 1. The summed E-state index contributed by atoms with van der Waals surface area (Å²) in [6, 6.07) is 2.40. The van der Waals surface area contributed by atoms with Gasteiger partial charge < -0.3 is 10.1 Å². The van der Waals surface area contributed by atoms with Gasteiger partial charge in [-0.25, -0.2) is 0 Å². The maximum absolute atomic E-state index is 12.2. The Morgan fingerprint density at radius 1 is 1.50 bits per heavy atom. The third kappa shape index (κ3) is 3.17. The minimum Gasteiger partial charge on any atom is -0.376 e. The Bertz CT molecular complexity index is 530. The van der Waals surface area contributed by atoms with Gasteiger partial charge in [-0.2, -0.15) is 5.10 Å². The Morgan fingerprint density at radius 3 is 2.86 bits per heavy atom. The van der Waals surface area contributed by atoms with Crippen molar-refractivity contribution in [3.8, 4) is 0 Å². The minimum absolute atomic E-state index is 0.0883. The average Bonchev–Trinajstić information content (AvgIpc) is 3.04. The summed E-state index contributed by atoms with van der Waals surface area (Å²) in [7, 11) is 0. The highest BCUT2D eigenvalue weighted by molar-refractivity contribution is 5.81. The number of rotatable bonds is 5. The van der Waals surface area contributed by atoms with Crippen LogP contribution in [-0.2, 0) is 9.53 Å². The van der Waals surface area contributed by atoms with Gasteiger partial charge in [0.05, 0.1) is 23.9 Å². The molecule has 3 rings (SSSR count). The summed E-state index contributed by atoms with van der Waals surface area (Å²) in [5.41, 5.74) is 2.25. The van der Waals surface area contributed by atoms with E-state index in [0.29, 0.717) is 12.6 Å². The van der Waals surface area contributed by atoms with Crippen molar-refractivity contribution in [1.82, 2.24) is 20.0 Å². The van der Waals surface area contributed by atoms with Gasteiger partial charge in [0, 0.05) is 31.9 Å². The van der Waals surface area contributed by atoms with E-state index in [4.69, 9.17) is 4.74 Å². The predicted molar refractivity (Wildman–Crippen MR) is 83.8 cm³/mol. The molecule has 2 aliphatic rings. The zero-order valence-electron chi connectivity index (χ0n) is 13.7. The van der Waals surface area contributed by atoms with E-state index in [1.807, 2.05) is 13.8 Å². The lowest BCUT2D eigenvalue weighted by atomic mass is 10.1. The molecule has 0 aromatic carbocycles. The lowest BCUT2D eigenvalue weighted by Crippen LogP contribution is -2.57. The second-order valence-corrected chi connectivity index (χ2v) is 6.54. The topological polar surface area (TPSA) is 59.4 Å². The van der Waals surface area contributed by atoms with Crippen LogP contribution in [-0.4, -0.2) is 59.0 Å². The molecule has 2 atom stereocenters. The fourth-order valence-electron chi connectivity index (χ4n) is 3.31. The quantitative estimate of drug-likeness (QED) is 0.883. The van der Waals surface area contributed by atoms with Crippen LogP contribution < -0.4 is 5.32 Å². The predicted octanol–water partition coefficient (Wildman–Crippen LogP) is 1.04. The number of nitrogens with one attached hydrogen (secondary N) is 1. The van der Waals surface area contributed by atoms with Crippen LogP contribution in [0.5, 0.6) is 0 Å². The summed E-state index contributed by atoms with van der Waals surface area (Å²) in [5, 5.41) is 7.55. The van der Waals surface area contributed by atoms with E-state index in [1.165, 1.54) is 5.69 Å². The largest absolute Gasteiger partial charge is 0.376 e. The van der Waals surface area contributed by atoms with Crippen molar-refractivity contribution in [3.63, 3.8) is 0 Å². The molecular weight excluding hydrogens is 280 g/mol. The molecule has 1 amide bonds. The Hall–Kier alpha value is -1.40. The van der Waals surface area contributed by atoms with Crippen LogP contribution in [0.1, 0.15) is 37.2 Å². The van der Waals surface area contributed by atoms with Crippen LogP contribution in [0.2, 0.25) is 0 Å². The van der Waals surface area contributed by atoms with Crippen molar-refractivity contribution >= 4 is 5.91 Å². The van der Waals surface area contributed by atoms with Crippen LogP contribution in [0.15, 0.2) is 6.07 Å². The first kappa shape index (κ1) is 15.5. The second kappa shape index (κ2) is 6.38. The van der Waals surface area contributed by atoms with E-state index in [9.17, 15) is 4.79 Å². The average molecular weight is 306 g/mol. The summed E-state index contributed by atoms with van der Waals surface area (Å²) < 4.78 is 7.62. The van der Waals surface area contributed by atoms with Crippen LogP contribution in [0, 0.1) is 13.8 Å². The third-order valence-electron chi connectivity index (χ3n) is 4.74. The van der Waals surface area contributed by atoms with Crippen LogP contribution in [0.25, 0.3) is 0 Å². The molecule has 0 spiro atoms. The van der Waals surface area contributed by atoms with E-state index >= 15 is 0 Å². The zero-order valence-corrected chi connectivity index (χ0v) is 13.7. The number of carbonyl (C=O) groups is 1. The molecule has 0 saturated carbocycles. The Kier molecular flexibility index (Phi) is 4.49. The van der Waals surface area contributed by atoms with Gasteiger partial charge in [0.25, 0.3) is 0 Å². The number of aromatic nitrogens is 2. The molecule has 1 N–H and O–H groups in total. The van der Waals surface area contributed by atoms with Gasteiger partial charge in [0.15, 0.2) is 0 Å². The third-order valence-corrected chi connectivity index (χ3v) is 4.74. The summed E-state index contributed by atoms with van der Waals surface area (Å²) >= 11 is 0. The number of nitrogens with zero attached hydrogens (tertiary/aromatic N) is 3. The molecule has 1 aromatic heterocycles. The molecule has 0 unspecified atom stereocenters. The monoisotopic (exact) mass is 306 g/mol. The van der Waals surface area contributed by atoms with Crippen molar-refractivity contribution in [1.29, 1.82) is 0 Å². The Balaban J connectivity index is 1.45. The van der Waals surface area contributed by atoms with Gasteiger partial charge >= 0.3 is 0 Å². The zero-order chi connectivity index (χ0) is 15.7. The van der Waals surface area contributed by atoms with E-state index in [1.54, 1.807) is 0 Å². The van der Waals surface area contributed by atoms with Gasteiger partial charge in [-0.1, -0.05) is 0 Å². The molecule has 2 saturated heterocycles. The summed E-state index contributed by atoms with van der Waals surface area (Å²) in [6.45, 7) is 9.31. The molecule has 1 aromatic rings. The molecular formula is C16H26N4O2. The van der Waals surface area contributed by atoms with Crippen molar-refractivity contribution in [2.24, 2.45) is 0 Å². The maximum atomic E-state index is 12.2. The number of hydrogen-bond donors (Lipinski definition) is 1. The standard InChI is InChI=1S/C16H26N4O2/c1-11-7-12(2)20(18-11)14-9-19(10-14)13(3)16(21)17-8-15-5-4-6-22-15/h7,13-15H,4-6,8-10H2,1-3H3,(H,17,21)/t13-,15-/m0/s1. The van der Waals surface area contributed by atoms with Crippen molar-refractivity contribution < 1.29 is 9.53 Å². The first-order valence-electron chi connectivity index (χ1n) is 8.20. The van der Waals surface area contributed by atoms with E-state index in [2.05, 4.69) is 33.0 Å². The molecule has 2 aliphatic heterocycles. The molecule has 22 heavy (non-hydrogen) atoms. The highest BCUT2D eigenvalue weighted by Gasteiger charge is 2.35. The first-order valence-corrected chi connectivity index (χ1v) is 8.20. The number of likely N-dealkylation sites (tertiary alicyclic amines) is 1. The van der Waals surface area contributed by atoms with Gasteiger partial charge in [0.1, 0.15) is 0 Å². The van der Waals surface area contributed by atoms with Crippen molar-refractivity contribution in [3.05, 3.63) is 17.5 Å². The van der Waals surface area contributed by atoms with Gasteiger partial charge in [-0.15, -0.1) is 0 Å². The number of ether oxygens (including phenoxy) is 1.